The van der Waals surface area contributed by atoms with Crippen molar-refractivity contribution in [2.75, 3.05) is 6.61 Å². The fourth-order valence-corrected chi connectivity index (χ4v) is 3.42. The zero-order chi connectivity index (χ0) is 22.4. The highest BCUT2D eigenvalue weighted by Gasteiger charge is 2.20. The zero-order valence-electron chi connectivity index (χ0n) is 18.1. The number of nitrogens with one attached hydrogen (secondary N) is 1. The van der Waals surface area contributed by atoms with Gasteiger partial charge >= 0.3 is 5.97 Å². The number of benzene rings is 2. The molecule has 0 unspecified atom stereocenters. The number of aromatic nitrogens is 1. The Bertz CT molecular complexity index is 1050. The molecule has 0 atom stereocenters. The molecule has 6 heteroatoms. The van der Waals surface area contributed by atoms with Crippen LogP contribution in [0.25, 0.3) is 11.3 Å². The molecule has 5 nitrogen and oxygen atoms in total. The highest BCUT2D eigenvalue weighted by Crippen LogP contribution is 2.27. The monoisotopic (exact) mass is 422 g/mol. The van der Waals surface area contributed by atoms with Gasteiger partial charge in [0.25, 0.3) is 0 Å². The van der Waals surface area contributed by atoms with Gasteiger partial charge in [-0.3, -0.25) is 4.79 Å². The summed E-state index contributed by atoms with van der Waals surface area (Å²) in [6.07, 6.45) is 0.248. The Morgan fingerprint density at radius 3 is 2.35 bits per heavy atom. The lowest BCUT2D eigenvalue weighted by Gasteiger charge is -2.13. The number of hydrogen-bond donors (Lipinski definition) is 1. The molecule has 2 aromatic carbocycles. The van der Waals surface area contributed by atoms with Crippen LogP contribution >= 0.6 is 0 Å². The Kier molecular flexibility index (Phi) is 7.23. The van der Waals surface area contributed by atoms with Gasteiger partial charge in [-0.05, 0) is 62.2 Å². The van der Waals surface area contributed by atoms with Crippen LogP contribution in [0.15, 0.2) is 54.6 Å². The third-order valence-corrected chi connectivity index (χ3v) is 5.17. The van der Waals surface area contributed by atoms with E-state index in [0.717, 1.165) is 16.8 Å². The van der Waals surface area contributed by atoms with Crippen LogP contribution in [-0.4, -0.2) is 23.1 Å². The second-order valence-electron chi connectivity index (χ2n) is 7.42. The van der Waals surface area contributed by atoms with Crippen molar-refractivity contribution in [2.45, 2.75) is 40.3 Å². The van der Waals surface area contributed by atoms with E-state index < -0.39 is 5.97 Å². The molecule has 3 rings (SSSR count). The van der Waals surface area contributed by atoms with E-state index in [9.17, 15) is 14.0 Å². The maximum Gasteiger partial charge on any atom is 0.339 e. The summed E-state index contributed by atoms with van der Waals surface area (Å²) < 4.78 is 20.5. The van der Waals surface area contributed by atoms with E-state index in [-0.39, 0.29) is 24.8 Å². The number of halogens is 1. The third kappa shape index (κ3) is 5.60. The Hall–Kier alpha value is -3.41. The Morgan fingerprint density at radius 1 is 1.03 bits per heavy atom. The first kappa shape index (κ1) is 22.3. The van der Waals surface area contributed by atoms with Gasteiger partial charge in [-0.25, -0.2) is 9.18 Å². The molecule has 0 radical (unpaired) electrons. The standard InChI is InChI=1S/C25H27FN2O3/c1-4-31-25(30)22-15-23(20-9-11-21(26)12-10-20)28(18(22)3)14-13-24(29)27-16-19-7-5-17(2)6-8-19/h5-12,15H,4,13-14,16H2,1-3H3,(H,27,29). The summed E-state index contributed by atoms with van der Waals surface area (Å²) >= 11 is 0. The minimum atomic E-state index is -0.411. The maximum absolute atomic E-state index is 13.4. The molecule has 162 valence electrons. The number of esters is 1. The molecule has 0 fully saturated rings. The topological polar surface area (TPSA) is 60.3 Å². The molecule has 0 saturated carbocycles. The lowest BCUT2D eigenvalue weighted by Crippen LogP contribution is -2.24. The van der Waals surface area contributed by atoms with Crippen molar-refractivity contribution in [3.8, 4) is 11.3 Å². The van der Waals surface area contributed by atoms with Gasteiger partial charge in [0.1, 0.15) is 5.82 Å². The highest BCUT2D eigenvalue weighted by molar-refractivity contribution is 5.92. The molecule has 1 aromatic heterocycles. The molecular weight excluding hydrogens is 395 g/mol. The molecule has 0 bridgehead atoms. The molecule has 1 heterocycles. The summed E-state index contributed by atoms with van der Waals surface area (Å²) in [7, 11) is 0. The lowest BCUT2D eigenvalue weighted by atomic mass is 10.1. The average Bonchev–Trinajstić information content (AvgIpc) is 3.09. The van der Waals surface area contributed by atoms with Gasteiger partial charge in [-0.1, -0.05) is 29.8 Å². The Labute approximate surface area is 181 Å². The summed E-state index contributed by atoms with van der Waals surface area (Å²) in [5.41, 5.74) is 4.87. The number of rotatable bonds is 8. The van der Waals surface area contributed by atoms with E-state index in [1.807, 2.05) is 42.7 Å². The van der Waals surface area contributed by atoms with Gasteiger partial charge in [0, 0.05) is 30.9 Å². The minimum Gasteiger partial charge on any atom is -0.462 e. The van der Waals surface area contributed by atoms with Crippen molar-refractivity contribution in [3.63, 3.8) is 0 Å². The molecule has 0 aliphatic rings. The highest BCUT2D eigenvalue weighted by atomic mass is 19.1. The number of carbonyl (C=O) groups excluding carboxylic acids is 2. The molecule has 1 amide bonds. The van der Waals surface area contributed by atoms with E-state index in [1.54, 1.807) is 25.1 Å². The largest absolute Gasteiger partial charge is 0.462 e. The number of carbonyl (C=O) groups is 2. The summed E-state index contributed by atoms with van der Waals surface area (Å²) in [5, 5.41) is 2.93. The van der Waals surface area contributed by atoms with Crippen LogP contribution in [0, 0.1) is 19.7 Å². The first-order valence-electron chi connectivity index (χ1n) is 10.3. The second-order valence-corrected chi connectivity index (χ2v) is 7.42. The fraction of sp³-hybridized carbons (Fsp3) is 0.280. The van der Waals surface area contributed by atoms with Gasteiger partial charge in [0.15, 0.2) is 0 Å². The Balaban J connectivity index is 1.76. The van der Waals surface area contributed by atoms with Crippen LogP contribution in [0.4, 0.5) is 4.39 Å². The van der Waals surface area contributed by atoms with E-state index in [0.29, 0.717) is 24.3 Å². The quantitative estimate of drug-likeness (QED) is 0.531. The first-order chi connectivity index (χ1) is 14.9. The van der Waals surface area contributed by atoms with Crippen molar-refractivity contribution < 1.29 is 18.7 Å². The maximum atomic E-state index is 13.4. The predicted molar refractivity (Wildman–Crippen MR) is 118 cm³/mol. The Morgan fingerprint density at radius 2 is 1.71 bits per heavy atom. The summed E-state index contributed by atoms with van der Waals surface area (Å²) in [6, 6.07) is 15.8. The predicted octanol–water partition coefficient (Wildman–Crippen LogP) is 4.79. The van der Waals surface area contributed by atoms with Gasteiger partial charge in [-0.2, -0.15) is 0 Å². The van der Waals surface area contributed by atoms with Crippen molar-refractivity contribution in [3.05, 3.63) is 82.8 Å². The molecule has 0 spiro atoms. The summed E-state index contributed by atoms with van der Waals surface area (Å²) in [5.74, 6) is -0.831. The number of amides is 1. The van der Waals surface area contributed by atoms with E-state index in [4.69, 9.17) is 4.74 Å². The van der Waals surface area contributed by atoms with E-state index in [1.165, 1.54) is 17.7 Å². The summed E-state index contributed by atoms with van der Waals surface area (Å²) in [6.45, 7) is 6.72. The van der Waals surface area contributed by atoms with Crippen LogP contribution in [0.1, 0.15) is 40.5 Å². The average molecular weight is 423 g/mol. The van der Waals surface area contributed by atoms with Crippen LogP contribution in [0.2, 0.25) is 0 Å². The molecule has 1 N–H and O–H groups in total. The van der Waals surface area contributed by atoms with Crippen molar-refractivity contribution in [1.82, 2.24) is 9.88 Å². The number of nitrogens with zero attached hydrogens (tertiary/aromatic N) is 1. The van der Waals surface area contributed by atoms with Crippen LogP contribution in [-0.2, 0) is 22.6 Å². The van der Waals surface area contributed by atoms with Crippen LogP contribution < -0.4 is 5.32 Å². The molecule has 0 saturated heterocycles. The normalized spacial score (nSPS) is 10.7. The van der Waals surface area contributed by atoms with E-state index in [2.05, 4.69) is 5.32 Å². The van der Waals surface area contributed by atoms with Crippen molar-refractivity contribution in [1.29, 1.82) is 0 Å². The van der Waals surface area contributed by atoms with Crippen LogP contribution in [0.5, 0.6) is 0 Å². The smallest absolute Gasteiger partial charge is 0.339 e. The first-order valence-corrected chi connectivity index (χ1v) is 10.3. The van der Waals surface area contributed by atoms with Crippen molar-refractivity contribution >= 4 is 11.9 Å². The molecule has 31 heavy (non-hydrogen) atoms. The summed E-state index contributed by atoms with van der Waals surface area (Å²) in [4.78, 5) is 24.8. The molecule has 3 aromatic rings. The van der Waals surface area contributed by atoms with Gasteiger partial charge in [0.05, 0.1) is 12.2 Å². The number of ether oxygens (including phenoxy) is 1. The minimum absolute atomic E-state index is 0.0867. The zero-order valence-corrected chi connectivity index (χ0v) is 18.1. The number of hydrogen-bond acceptors (Lipinski definition) is 3. The molecule has 0 aliphatic heterocycles. The lowest BCUT2D eigenvalue weighted by molar-refractivity contribution is -0.121. The van der Waals surface area contributed by atoms with E-state index >= 15 is 0 Å². The fourth-order valence-electron chi connectivity index (χ4n) is 3.42. The third-order valence-electron chi connectivity index (χ3n) is 5.17. The molecule has 0 aliphatic carbocycles. The van der Waals surface area contributed by atoms with Gasteiger partial charge in [-0.15, -0.1) is 0 Å². The van der Waals surface area contributed by atoms with Gasteiger partial charge in [0.2, 0.25) is 5.91 Å². The van der Waals surface area contributed by atoms with Gasteiger partial charge < -0.3 is 14.6 Å². The van der Waals surface area contributed by atoms with Crippen molar-refractivity contribution in [2.24, 2.45) is 0 Å². The van der Waals surface area contributed by atoms with Crippen LogP contribution in [0.3, 0.4) is 0 Å². The number of aryl methyl sites for hydroxylation is 1. The second kappa shape index (κ2) is 10.1. The SMILES string of the molecule is CCOC(=O)c1cc(-c2ccc(F)cc2)n(CCC(=O)NCc2ccc(C)cc2)c1C. The molecular formula is C25H27FN2O3.